The molecule has 1 aliphatic heterocycles. The number of hydrogen-bond donors (Lipinski definition) is 0. The first-order valence-corrected chi connectivity index (χ1v) is 11.0. The molecule has 0 aliphatic carbocycles. The van der Waals surface area contributed by atoms with Crippen molar-refractivity contribution in [2.45, 2.75) is 0 Å². The van der Waals surface area contributed by atoms with Gasteiger partial charge in [0.2, 0.25) is 11.6 Å². The Hall–Kier alpha value is -4.64. The molecule has 0 fully saturated rings. The molecule has 0 saturated heterocycles. The normalized spacial score (nSPS) is 11.6. The van der Waals surface area contributed by atoms with E-state index in [2.05, 4.69) is 11.8 Å². The molecule has 0 atom stereocenters. The highest BCUT2D eigenvalue weighted by atomic mass is 16.6. The molecule has 3 aromatic rings. The number of hydrogen-bond acceptors (Lipinski definition) is 8. The van der Waals surface area contributed by atoms with Crippen molar-refractivity contribution in [2.75, 3.05) is 41.7 Å². The molecule has 8 heteroatoms. The smallest absolute Gasteiger partial charge is 0.234 e. The highest BCUT2D eigenvalue weighted by Crippen LogP contribution is 2.34. The second kappa shape index (κ2) is 10.7. The topological polar surface area (TPSA) is 89.5 Å². The zero-order chi connectivity index (χ0) is 25.7. The quantitative estimate of drug-likeness (QED) is 0.281. The number of methoxy groups -OCH3 is 4. The summed E-state index contributed by atoms with van der Waals surface area (Å²) in [6.07, 6.45) is 0. The van der Waals surface area contributed by atoms with E-state index in [1.165, 1.54) is 39.5 Å². The first-order valence-electron chi connectivity index (χ1n) is 11.0. The molecule has 1 heterocycles. The molecule has 184 valence electrons. The maximum atomic E-state index is 13.4. The van der Waals surface area contributed by atoms with E-state index in [9.17, 15) is 9.59 Å². The lowest BCUT2D eigenvalue weighted by Gasteiger charge is -2.19. The van der Waals surface area contributed by atoms with E-state index in [1.54, 1.807) is 37.4 Å². The largest absolute Gasteiger partial charge is 0.493 e. The number of ketones is 2. The van der Waals surface area contributed by atoms with Gasteiger partial charge >= 0.3 is 0 Å². The Bertz CT molecular complexity index is 1380. The van der Waals surface area contributed by atoms with Crippen LogP contribution in [0.25, 0.3) is 0 Å². The van der Waals surface area contributed by atoms with Crippen molar-refractivity contribution >= 4 is 11.6 Å². The number of carbonyl (C=O) groups excluding carboxylic acids is 2. The van der Waals surface area contributed by atoms with E-state index in [1.807, 2.05) is 0 Å². The average molecular weight is 488 g/mol. The van der Waals surface area contributed by atoms with Gasteiger partial charge in [-0.05, 0) is 42.5 Å². The van der Waals surface area contributed by atoms with E-state index >= 15 is 0 Å². The monoisotopic (exact) mass is 488 g/mol. The average Bonchev–Trinajstić information content (AvgIpc) is 2.94. The molecule has 4 rings (SSSR count). The van der Waals surface area contributed by atoms with E-state index < -0.39 is 11.6 Å². The zero-order valence-electron chi connectivity index (χ0n) is 20.3. The zero-order valence-corrected chi connectivity index (χ0v) is 20.3. The molecule has 8 nitrogen and oxygen atoms in total. The summed E-state index contributed by atoms with van der Waals surface area (Å²) >= 11 is 0. The molecule has 0 N–H and O–H groups in total. The van der Waals surface area contributed by atoms with Crippen molar-refractivity contribution in [1.82, 2.24) is 0 Å². The van der Waals surface area contributed by atoms with E-state index in [0.717, 1.165) is 0 Å². The van der Waals surface area contributed by atoms with Crippen LogP contribution in [0.2, 0.25) is 0 Å². The third kappa shape index (κ3) is 4.91. The highest BCUT2D eigenvalue weighted by Gasteiger charge is 2.25. The predicted octanol–water partition coefficient (Wildman–Crippen LogP) is 3.96. The lowest BCUT2D eigenvalue weighted by atomic mass is 9.96. The lowest BCUT2D eigenvalue weighted by Crippen LogP contribution is -2.19. The summed E-state index contributed by atoms with van der Waals surface area (Å²) in [7, 11) is 6.03. The molecule has 0 spiro atoms. The van der Waals surface area contributed by atoms with Crippen LogP contribution in [-0.4, -0.2) is 53.2 Å². The molecular weight excluding hydrogens is 464 g/mol. The summed E-state index contributed by atoms with van der Waals surface area (Å²) in [6, 6.07) is 12.9. The van der Waals surface area contributed by atoms with Gasteiger partial charge in [0.15, 0.2) is 34.5 Å². The van der Waals surface area contributed by atoms with Crippen LogP contribution >= 0.6 is 0 Å². The van der Waals surface area contributed by atoms with Gasteiger partial charge in [0.1, 0.15) is 13.2 Å². The van der Waals surface area contributed by atoms with Crippen molar-refractivity contribution in [2.24, 2.45) is 0 Å². The summed E-state index contributed by atoms with van der Waals surface area (Å²) in [5.41, 5.74) is 1.22. The van der Waals surface area contributed by atoms with Crippen LogP contribution in [0, 0.1) is 11.8 Å². The molecule has 3 aromatic carbocycles. The van der Waals surface area contributed by atoms with Crippen LogP contribution in [0.5, 0.6) is 34.5 Å². The van der Waals surface area contributed by atoms with E-state index in [4.69, 9.17) is 28.4 Å². The van der Waals surface area contributed by atoms with Gasteiger partial charge in [-0.3, -0.25) is 9.59 Å². The Kier molecular flexibility index (Phi) is 7.31. The van der Waals surface area contributed by atoms with Crippen molar-refractivity contribution in [1.29, 1.82) is 0 Å². The van der Waals surface area contributed by atoms with Crippen molar-refractivity contribution in [3.8, 4) is 46.3 Å². The molecule has 0 aromatic heterocycles. The predicted molar refractivity (Wildman–Crippen MR) is 131 cm³/mol. The van der Waals surface area contributed by atoms with Gasteiger partial charge in [-0.25, -0.2) is 0 Å². The summed E-state index contributed by atoms with van der Waals surface area (Å²) < 4.78 is 32.4. The van der Waals surface area contributed by atoms with E-state index in [0.29, 0.717) is 58.8 Å². The third-order valence-corrected chi connectivity index (χ3v) is 5.50. The molecule has 0 unspecified atom stereocenters. The Morgan fingerprint density at radius 3 is 1.89 bits per heavy atom. The molecule has 0 saturated carbocycles. The molecule has 1 aliphatic rings. The summed E-state index contributed by atoms with van der Waals surface area (Å²) in [6.45, 7) is 0.703. The van der Waals surface area contributed by atoms with Crippen molar-refractivity contribution < 1.29 is 38.0 Å². The van der Waals surface area contributed by atoms with Crippen LogP contribution in [0.1, 0.15) is 31.8 Å². The maximum absolute atomic E-state index is 13.4. The maximum Gasteiger partial charge on any atom is 0.234 e. The standard InChI is InChI=1S/C28H24O8/c1-31-21-9-6-17(13-23(21)33-3)5-7-18-14-25-26(36-12-11-35-25)16-20(18)28(30)27(29)19-8-10-22(32-2)24(15-19)34-4/h6,8-10,13-16H,11-12H2,1-4H3. The van der Waals surface area contributed by atoms with Crippen LogP contribution in [-0.2, 0) is 0 Å². The van der Waals surface area contributed by atoms with Gasteiger partial charge in [-0.1, -0.05) is 11.8 Å². The fourth-order valence-electron chi connectivity index (χ4n) is 3.66. The van der Waals surface area contributed by atoms with Gasteiger partial charge in [0.05, 0.1) is 28.4 Å². The van der Waals surface area contributed by atoms with Crippen LogP contribution in [0.3, 0.4) is 0 Å². The molecule has 0 amide bonds. The Morgan fingerprint density at radius 2 is 1.25 bits per heavy atom. The summed E-state index contributed by atoms with van der Waals surface area (Å²) in [5.74, 6) is 7.26. The number of rotatable bonds is 7. The van der Waals surface area contributed by atoms with Crippen LogP contribution in [0.15, 0.2) is 48.5 Å². The summed E-state index contributed by atoms with van der Waals surface area (Å²) in [5, 5.41) is 0. The lowest BCUT2D eigenvalue weighted by molar-refractivity contribution is 0.0816. The fourth-order valence-corrected chi connectivity index (χ4v) is 3.66. The van der Waals surface area contributed by atoms with Crippen molar-refractivity contribution in [3.63, 3.8) is 0 Å². The van der Waals surface area contributed by atoms with Crippen molar-refractivity contribution in [3.05, 3.63) is 70.8 Å². The first kappa shape index (κ1) is 24.5. The first-order chi connectivity index (χ1) is 17.5. The van der Waals surface area contributed by atoms with Gasteiger partial charge in [0.25, 0.3) is 0 Å². The number of Topliss-reactive ketones (excluding diaryl/α,β-unsaturated/α-hetero) is 2. The minimum absolute atomic E-state index is 0.104. The van der Waals surface area contributed by atoms with E-state index in [-0.39, 0.29) is 11.1 Å². The van der Waals surface area contributed by atoms with Crippen LogP contribution < -0.4 is 28.4 Å². The number of carbonyl (C=O) groups is 2. The number of benzene rings is 3. The Labute approximate surface area is 208 Å². The Morgan fingerprint density at radius 1 is 0.667 bits per heavy atom. The fraction of sp³-hybridized carbons (Fsp3) is 0.214. The molecule has 36 heavy (non-hydrogen) atoms. The van der Waals surface area contributed by atoms with Gasteiger partial charge in [-0.15, -0.1) is 0 Å². The second-order valence-electron chi connectivity index (χ2n) is 7.59. The van der Waals surface area contributed by atoms with Gasteiger partial charge in [-0.2, -0.15) is 0 Å². The second-order valence-corrected chi connectivity index (χ2v) is 7.59. The van der Waals surface area contributed by atoms with Crippen LogP contribution in [0.4, 0.5) is 0 Å². The molecule has 0 radical (unpaired) electrons. The molecular formula is C28H24O8. The minimum Gasteiger partial charge on any atom is -0.493 e. The third-order valence-electron chi connectivity index (χ3n) is 5.50. The summed E-state index contributed by atoms with van der Waals surface area (Å²) in [4.78, 5) is 26.5. The molecule has 0 bridgehead atoms. The highest BCUT2D eigenvalue weighted by molar-refractivity contribution is 6.49. The van der Waals surface area contributed by atoms with Gasteiger partial charge in [0, 0.05) is 28.3 Å². The van der Waals surface area contributed by atoms with Gasteiger partial charge < -0.3 is 28.4 Å². The minimum atomic E-state index is -0.740. The number of ether oxygens (including phenoxy) is 6. The number of fused-ring (bicyclic) bond motifs is 1. The SMILES string of the molecule is COc1ccc(C#Cc2cc3c(cc2C(=O)C(=O)c2ccc(OC)c(OC)c2)OCCO3)cc1OC. The Balaban J connectivity index is 1.75.